The first kappa shape index (κ1) is 21.7. The summed E-state index contributed by atoms with van der Waals surface area (Å²) in [6.07, 6.45) is -1.10. The summed E-state index contributed by atoms with van der Waals surface area (Å²) in [5.74, 6) is 1.48. The monoisotopic (exact) mass is 428 g/mol. The van der Waals surface area contributed by atoms with Crippen LogP contribution in [-0.4, -0.2) is 90.5 Å². The first-order valence-electron chi connectivity index (χ1n) is 9.03. The van der Waals surface area contributed by atoms with E-state index in [0.717, 1.165) is 0 Å². The third-order valence-corrected chi connectivity index (χ3v) is 5.52. The van der Waals surface area contributed by atoms with E-state index in [4.69, 9.17) is 15.6 Å². The fourth-order valence-electron chi connectivity index (χ4n) is 2.98. The van der Waals surface area contributed by atoms with Gasteiger partial charge in [-0.3, -0.25) is 15.1 Å². The number of aromatic nitrogens is 4. The molecule has 0 amide bonds. The molecule has 2 aromatic rings. The third kappa shape index (κ3) is 4.94. The molecule has 0 bridgehead atoms. The normalized spacial score (nSPS) is 25.2. The Labute approximate surface area is 170 Å². The van der Waals surface area contributed by atoms with Crippen molar-refractivity contribution in [2.24, 2.45) is 5.73 Å². The van der Waals surface area contributed by atoms with Gasteiger partial charge < -0.3 is 30.1 Å². The average Bonchev–Trinajstić information content (AvgIpc) is 3.26. The Morgan fingerprint density at radius 3 is 2.97 bits per heavy atom. The molecule has 6 N–H and O–H groups in total. The van der Waals surface area contributed by atoms with E-state index in [9.17, 15) is 15.0 Å². The van der Waals surface area contributed by atoms with Crippen LogP contribution in [0.15, 0.2) is 12.7 Å². The largest absolute Gasteiger partial charge is 0.449 e. The van der Waals surface area contributed by atoms with Crippen molar-refractivity contribution in [3.8, 4) is 0 Å². The number of hydrogen-bond acceptors (Lipinski definition) is 12. The topological polar surface area (TPSA) is 178 Å². The number of nitrogens with zero attached hydrogens (tertiary/aromatic N) is 4. The lowest BCUT2D eigenvalue weighted by Gasteiger charge is -2.16. The molecule has 1 unspecified atom stereocenters. The van der Waals surface area contributed by atoms with Crippen molar-refractivity contribution in [1.29, 1.82) is 0 Å². The fourth-order valence-corrected chi connectivity index (χ4v) is 4.05. The van der Waals surface area contributed by atoms with Crippen molar-refractivity contribution < 1.29 is 29.6 Å². The number of nitrogens with two attached hydrogens (primary N) is 1. The molecule has 3 rings (SSSR count). The van der Waals surface area contributed by atoms with Gasteiger partial charge >= 0.3 is 0 Å². The smallest absolute Gasteiger partial charge is 0.294 e. The number of hydrogen-bond donors (Lipinski definition) is 5. The van der Waals surface area contributed by atoms with Crippen LogP contribution in [0.4, 0.5) is 5.82 Å². The zero-order valence-corrected chi connectivity index (χ0v) is 16.3. The maximum Gasteiger partial charge on any atom is 0.294 e. The van der Waals surface area contributed by atoms with Gasteiger partial charge in [-0.2, -0.15) is 11.8 Å². The van der Waals surface area contributed by atoms with Gasteiger partial charge in [-0.15, -0.1) is 0 Å². The zero-order valence-electron chi connectivity index (χ0n) is 15.5. The summed E-state index contributed by atoms with van der Waals surface area (Å²) < 4.78 is 12.0. The predicted molar refractivity (Wildman–Crippen MR) is 104 cm³/mol. The molecule has 2 aromatic heterocycles. The standard InChI is InChI=1S/C16H24N6O6S/c17-10(27-8-24)1-4-29-5-9-12(25)13(26)16(28-9)22-7-21-11-14(18-2-3-23)19-6-20-15(11)22/h6-10,12-13,16,23,25-26H,1-5,17H2,(H,18,19,20)/t9-,10-,12?,13+,16-/m1/s1. The first-order chi connectivity index (χ1) is 14.1. The first-order valence-corrected chi connectivity index (χ1v) is 10.2. The van der Waals surface area contributed by atoms with Crippen LogP contribution in [0.3, 0.4) is 0 Å². The number of carbonyl (C=O) groups excluding carboxylic acids is 1. The van der Waals surface area contributed by atoms with Crippen molar-refractivity contribution in [3.63, 3.8) is 0 Å². The van der Waals surface area contributed by atoms with Crippen LogP contribution in [-0.2, 0) is 14.3 Å². The highest BCUT2D eigenvalue weighted by atomic mass is 32.2. The lowest BCUT2D eigenvalue weighted by molar-refractivity contribution is -0.133. The molecule has 160 valence electrons. The molecule has 1 aliphatic rings. The van der Waals surface area contributed by atoms with Crippen LogP contribution < -0.4 is 11.1 Å². The fraction of sp³-hybridized carbons (Fsp3) is 0.625. The Kier molecular flexibility index (Phi) is 7.57. The molecule has 0 aromatic carbocycles. The summed E-state index contributed by atoms with van der Waals surface area (Å²) in [7, 11) is 0. The maximum atomic E-state index is 10.5. The number of thioether (sulfide) groups is 1. The number of imidazole rings is 1. The average molecular weight is 428 g/mol. The van der Waals surface area contributed by atoms with Gasteiger partial charge in [0.25, 0.3) is 6.47 Å². The van der Waals surface area contributed by atoms with E-state index in [1.54, 1.807) is 4.57 Å². The minimum absolute atomic E-state index is 0.0611. The predicted octanol–water partition coefficient (Wildman–Crippen LogP) is -1.57. The van der Waals surface area contributed by atoms with Crippen molar-refractivity contribution in [1.82, 2.24) is 19.5 Å². The summed E-state index contributed by atoms with van der Waals surface area (Å²) in [4.78, 5) is 22.8. The number of ether oxygens (including phenoxy) is 2. The van der Waals surface area contributed by atoms with Gasteiger partial charge in [-0.05, 0) is 5.75 Å². The van der Waals surface area contributed by atoms with Gasteiger partial charge in [0.05, 0.1) is 19.0 Å². The van der Waals surface area contributed by atoms with Crippen LogP contribution in [0.25, 0.3) is 11.2 Å². The second-order valence-corrected chi connectivity index (χ2v) is 7.53. The summed E-state index contributed by atoms with van der Waals surface area (Å²) in [6.45, 7) is 0.555. The molecule has 1 saturated heterocycles. The molecule has 0 spiro atoms. The number of aliphatic hydroxyl groups is 3. The van der Waals surface area contributed by atoms with E-state index in [2.05, 4.69) is 25.0 Å². The second-order valence-electron chi connectivity index (χ2n) is 6.38. The van der Waals surface area contributed by atoms with E-state index < -0.39 is 30.8 Å². The Bertz CT molecular complexity index is 809. The maximum absolute atomic E-state index is 10.5. The van der Waals surface area contributed by atoms with Gasteiger partial charge in [0, 0.05) is 18.7 Å². The minimum Gasteiger partial charge on any atom is -0.449 e. The summed E-state index contributed by atoms with van der Waals surface area (Å²) in [5, 5.41) is 32.8. The van der Waals surface area contributed by atoms with Crippen molar-refractivity contribution >= 4 is 35.2 Å². The molecule has 5 atom stereocenters. The quantitative estimate of drug-likeness (QED) is 0.158. The Hall–Kier alpha value is -2.03. The molecule has 0 saturated carbocycles. The van der Waals surface area contributed by atoms with Crippen molar-refractivity contribution in [2.75, 3.05) is 30.0 Å². The number of rotatable bonds is 11. The molecular weight excluding hydrogens is 404 g/mol. The molecule has 3 heterocycles. The Morgan fingerprint density at radius 1 is 1.38 bits per heavy atom. The number of anilines is 1. The van der Waals surface area contributed by atoms with E-state index in [-0.39, 0.29) is 6.61 Å². The van der Waals surface area contributed by atoms with Gasteiger partial charge in [0.1, 0.15) is 18.5 Å². The molecule has 0 aliphatic carbocycles. The summed E-state index contributed by atoms with van der Waals surface area (Å²) >= 11 is 1.47. The summed E-state index contributed by atoms with van der Waals surface area (Å²) in [5.41, 5.74) is 6.48. The second kappa shape index (κ2) is 10.1. The van der Waals surface area contributed by atoms with E-state index >= 15 is 0 Å². The number of carbonyl (C=O) groups is 1. The Balaban J connectivity index is 1.65. The highest BCUT2D eigenvalue weighted by molar-refractivity contribution is 7.99. The van der Waals surface area contributed by atoms with Crippen molar-refractivity contribution in [2.45, 2.75) is 37.2 Å². The van der Waals surface area contributed by atoms with Crippen LogP contribution in [0.2, 0.25) is 0 Å². The molecule has 29 heavy (non-hydrogen) atoms. The lowest BCUT2D eigenvalue weighted by atomic mass is 10.1. The lowest BCUT2D eigenvalue weighted by Crippen LogP contribution is -2.32. The van der Waals surface area contributed by atoms with E-state index in [0.29, 0.717) is 47.9 Å². The van der Waals surface area contributed by atoms with Crippen LogP contribution in [0.1, 0.15) is 12.6 Å². The number of fused-ring (bicyclic) bond motifs is 1. The van der Waals surface area contributed by atoms with Crippen molar-refractivity contribution in [3.05, 3.63) is 12.7 Å². The zero-order chi connectivity index (χ0) is 20.8. The number of nitrogens with one attached hydrogen (secondary N) is 1. The van der Waals surface area contributed by atoms with Crippen LogP contribution in [0, 0.1) is 0 Å². The minimum atomic E-state index is -1.16. The SMILES string of the molecule is N[C@@H](CCSC[C@H]1O[C@@H](n2cnc3c(NCCO)ncnc32)[C@@H](O)C1O)OC=O. The molecule has 1 aliphatic heterocycles. The highest BCUT2D eigenvalue weighted by Gasteiger charge is 2.44. The molecule has 13 heteroatoms. The van der Waals surface area contributed by atoms with Gasteiger partial charge in [-0.25, -0.2) is 15.0 Å². The van der Waals surface area contributed by atoms with Crippen LogP contribution >= 0.6 is 11.8 Å². The molecule has 12 nitrogen and oxygen atoms in total. The van der Waals surface area contributed by atoms with E-state index in [1.807, 2.05) is 0 Å². The van der Waals surface area contributed by atoms with Gasteiger partial charge in [0.15, 0.2) is 29.4 Å². The van der Waals surface area contributed by atoms with Gasteiger partial charge in [-0.1, -0.05) is 0 Å². The highest BCUT2D eigenvalue weighted by Crippen LogP contribution is 2.33. The molecule has 0 radical (unpaired) electrons. The van der Waals surface area contributed by atoms with E-state index in [1.165, 1.54) is 24.4 Å². The molecule has 1 fully saturated rings. The third-order valence-electron chi connectivity index (χ3n) is 4.43. The number of aliphatic hydroxyl groups excluding tert-OH is 3. The Morgan fingerprint density at radius 2 is 2.21 bits per heavy atom. The van der Waals surface area contributed by atoms with Gasteiger partial charge in [0.2, 0.25) is 0 Å². The van der Waals surface area contributed by atoms with Crippen LogP contribution in [0.5, 0.6) is 0 Å². The summed E-state index contributed by atoms with van der Waals surface area (Å²) in [6, 6.07) is 0. The molecular formula is C16H24N6O6S.